The van der Waals surface area contributed by atoms with Crippen LogP contribution < -0.4 is 5.73 Å². The summed E-state index contributed by atoms with van der Waals surface area (Å²) in [5.74, 6) is 0.00884. The highest BCUT2D eigenvalue weighted by Crippen LogP contribution is 2.24. The zero-order valence-electron chi connectivity index (χ0n) is 9.73. The van der Waals surface area contributed by atoms with Crippen molar-refractivity contribution in [2.45, 2.75) is 18.9 Å². The predicted molar refractivity (Wildman–Crippen MR) is 79.5 cm³/mol. The third kappa shape index (κ3) is 3.60. The molecular formula is C12H15BrCl2N2O. The van der Waals surface area contributed by atoms with E-state index >= 15 is 0 Å². The molecule has 18 heavy (non-hydrogen) atoms. The molecule has 1 aliphatic heterocycles. The smallest absolute Gasteiger partial charge is 0.253 e. The maximum absolute atomic E-state index is 12.2. The molecule has 2 rings (SSSR count). The lowest BCUT2D eigenvalue weighted by Gasteiger charge is -2.30. The summed E-state index contributed by atoms with van der Waals surface area (Å²) in [6, 6.07) is 5.35. The van der Waals surface area contributed by atoms with Gasteiger partial charge in [-0.1, -0.05) is 11.6 Å². The Bertz CT molecular complexity index is 442. The number of nitrogens with two attached hydrogens (primary N) is 1. The SMILES string of the molecule is Cl.N[C@@H]1CCCN(C(=O)c2ccc(Br)c(Cl)c2)C1. The lowest BCUT2D eigenvalue weighted by molar-refractivity contribution is 0.0709. The molecule has 2 N–H and O–H groups in total. The Balaban J connectivity index is 0.00000162. The number of carbonyl (C=O) groups excluding carboxylic acids is 1. The summed E-state index contributed by atoms with van der Waals surface area (Å²) in [5, 5.41) is 0.553. The number of piperidine rings is 1. The quantitative estimate of drug-likeness (QED) is 0.843. The molecule has 0 aliphatic carbocycles. The van der Waals surface area contributed by atoms with Crippen molar-refractivity contribution in [2.75, 3.05) is 13.1 Å². The molecule has 0 radical (unpaired) electrons. The third-order valence-corrected chi connectivity index (χ3v) is 4.14. The molecule has 1 heterocycles. The van der Waals surface area contributed by atoms with E-state index in [1.165, 1.54) is 0 Å². The number of amides is 1. The van der Waals surface area contributed by atoms with Crippen molar-refractivity contribution in [3.8, 4) is 0 Å². The Labute approximate surface area is 126 Å². The van der Waals surface area contributed by atoms with E-state index in [4.69, 9.17) is 17.3 Å². The van der Waals surface area contributed by atoms with Crippen LogP contribution in [0.25, 0.3) is 0 Å². The molecule has 1 aromatic carbocycles. The maximum Gasteiger partial charge on any atom is 0.253 e. The zero-order valence-corrected chi connectivity index (χ0v) is 12.9. The Morgan fingerprint density at radius 1 is 1.50 bits per heavy atom. The van der Waals surface area contributed by atoms with E-state index in [0.717, 1.165) is 23.9 Å². The second-order valence-electron chi connectivity index (χ2n) is 4.28. The Morgan fingerprint density at radius 2 is 2.22 bits per heavy atom. The van der Waals surface area contributed by atoms with Gasteiger partial charge in [0.05, 0.1) is 5.02 Å². The van der Waals surface area contributed by atoms with Crippen LogP contribution in [0, 0.1) is 0 Å². The molecule has 1 fully saturated rings. The average Bonchev–Trinajstić information content (AvgIpc) is 2.32. The van der Waals surface area contributed by atoms with Gasteiger partial charge in [0.25, 0.3) is 5.91 Å². The fraction of sp³-hybridized carbons (Fsp3) is 0.417. The van der Waals surface area contributed by atoms with Crippen molar-refractivity contribution in [3.05, 3.63) is 33.3 Å². The van der Waals surface area contributed by atoms with E-state index in [2.05, 4.69) is 15.9 Å². The number of benzene rings is 1. The molecule has 0 unspecified atom stereocenters. The van der Waals surface area contributed by atoms with Crippen LogP contribution in [0.1, 0.15) is 23.2 Å². The number of halogens is 3. The van der Waals surface area contributed by atoms with Crippen molar-refractivity contribution in [1.82, 2.24) is 4.90 Å². The number of rotatable bonds is 1. The first-order valence-electron chi connectivity index (χ1n) is 5.58. The number of carbonyl (C=O) groups is 1. The molecule has 0 saturated carbocycles. The van der Waals surface area contributed by atoms with Crippen LogP contribution in [-0.2, 0) is 0 Å². The standard InChI is InChI=1S/C12H14BrClN2O.ClH/c13-10-4-3-8(6-11(10)14)12(17)16-5-1-2-9(15)7-16;/h3-4,6,9H,1-2,5,7,15H2;1H/t9-;/m1./s1. The van der Waals surface area contributed by atoms with E-state index < -0.39 is 0 Å². The predicted octanol–water partition coefficient (Wildman–Crippen LogP) is 3.09. The second-order valence-corrected chi connectivity index (χ2v) is 5.54. The van der Waals surface area contributed by atoms with Gasteiger partial charge in [0.15, 0.2) is 0 Å². The van der Waals surface area contributed by atoms with Crippen LogP contribution in [0.2, 0.25) is 5.02 Å². The van der Waals surface area contributed by atoms with Crippen molar-refractivity contribution < 1.29 is 4.79 Å². The highest BCUT2D eigenvalue weighted by atomic mass is 79.9. The number of hydrogen-bond donors (Lipinski definition) is 1. The van der Waals surface area contributed by atoms with Gasteiger partial charge in [-0.15, -0.1) is 12.4 Å². The van der Waals surface area contributed by atoms with Crippen LogP contribution in [-0.4, -0.2) is 29.9 Å². The van der Waals surface area contributed by atoms with Gasteiger partial charge in [0.2, 0.25) is 0 Å². The average molecular weight is 354 g/mol. The summed E-state index contributed by atoms with van der Waals surface area (Å²) in [7, 11) is 0. The lowest BCUT2D eigenvalue weighted by atomic mass is 10.1. The Hall–Kier alpha value is -0.290. The molecule has 0 spiro atoms. The van der Waals surface area contributed by atoms with Gasteiger partial charge in [-0.3, -0.25) is 4.79 Å². The van der Waals surface area contributed by atoms with Gasteiger partial charge in [-0.05, 0) is 47.0 Å². The number of nitrogens with zero attached hydrogens (tertiary/aromatic N) is 1. The molecule has 1 amide bonds. The topological polar surface area (TPSA) is 46.3 Å². The first-order valence-corrected chi connectivity index (χ1v) is 6.75. The molecule has 1 atom stereocenters. The number of likely N-dealkylation sites (tertiary alicyclic amines) is 1. The van der Waals surface area contributed by atoms with Gasteiger partial charge in [0.1, 0.15) is 0 Å². The number of hydrogen-bond acceptors (Lipinski definition) is 2. The van der Waals surface area contributed by atoms with Gasteiger partial charge in [0, 0.05) is 29.2 Å². The monoisotopic (exact) mass is 352 g/mol. The van der Waals surface area contributed by atoms with Crippen molar-refractivity contribution in [3.63, 3.8) is 0 Å². The normalized spacial score (nSPS) is 19.3. The van der Waals surface area contributed by atoms with E-state index in [9.17, 15) is 4.79 Å². The first kappa shape index (κ1) is 15.8. The van der Waals surface area contributed by atoms with Crippen LogP contribution in [0.4, 0.5) is 0 Å². The van der Waals surface area contributed by atoms with Gasteiger partial charge in [-0.25, -0.2) is 0 Å². The van der Waals surface area contributed by atoms with E-state index in [1.807, 2.05) is 0 Å². The molecule has 1 aromatic rings. The minimum absolute atomic E-state index is 0. The molecule has 1 saturated heterocycles. The van der Waals surface area contributed by atoms with Crippen LogP contribution in [0.5, 0.6) is 0 Å². The van der Waals surface area contributed by atoms with Crippen molar-refractivity contribution in [2.24, 2.45) is 5.73 Å². The first-order chi connectivity index (χ1) is 8.08. The molecule has 3 nitrogen and oxygen atoms in total. The van der Waals surface area contributed by atoms with Crippen LogP contribution in [0.3, 0.4) is 0 Å². The van der Waals surface area contributed by atoms with Gasteiger partial charge < -0.3 is 10.6 Å². The molecule has 1 aliphatic rings. The van der Waals surface area contributed by atoms with E-state index in [0.29, 0.717) is 17.1 Å². The van der Waals surface area contributed by atoms with Gasteiger partial charge in [-0.2, -0.15) is 0 Å². The third-order valence-electron chi connectivity index (χ3n) is 2.91. The summed E-state index contributed by atoms with van der Waals surface area (Å²) in [6.07, 6.45) is 1.96. The highest BCUT2D eigenvalue weighted by molar-refractivity contribution is 9.10. The molecule has 0 aromatic heterocycles. The lowest BCUT2D eigenvalue weighted by Crippen LogP contribution is -2.45. The summed E-state index contributed by atoms with van der Waals surface area (Å²) in [4.78, 5) is 14.0. The summed E-state index contributed by atoms with van der Waals surface area (Å²) in [6.45, 7) is 1.41. The van der Waals surface area contributed by atoms with Gasteiger partial charge >= 0.3 is 0 Å². The highest BCUT2D eigenvalue weighted by Gasteiger charge is 2.22. The van der Waals surface area contributed by atoms with Crippen LogP contribution in [0.15, 0.2) is 22.7 Å². The van der Waals surface area contributed by atoms with E-state index in [1.54, 1.807) is 23.1 Å². The fourth-order valence-electron chi connectivity index (χ4n) is 2.01. The fourth-order valence-corrected chi connectivity index (χ4v) is 2.43. The Morgan fingerprint density at radius 3 is 2.83 bits per heavy atom. The minimum Gasteiger partial charge on any atom is -0.337 e. The summed E-state index contributed by atoms with van der Waals surface area (Å²) < 4.78 is 0.797. The molecule has 6 heteroatoms. The summed E-state index contributed by atoms with van der Waals surface area (Å²) >= 11 is 9.29. The second kappa shape index (κ2) is 6.75. The van der Waals surface area contributed by atoms with E-state index in [-0.39, 0.29) is 24.4 Å². The minimum atomic E-state index is 0. The van der Waals surface area contributed by atoms with Crippen molar-refractivity contribution >= 4 is 45.8 Å². The maximum atomic E-state index is 12.2. The largest absolute Gasteiger partial charge is 0.337 e. The molecular weight excluding hydrogens is 339 g/mol. The molecule has 0 bridgehead atoms. The van der Waals surface area contributed by atoms with Crippen LogP contribution >= 0.6 is 39.9 Å². The van der Waals surface area contributed by atoms with Crippen molar-refractivity contribution in [1.29, 1.82) is 0 Å². The summed E-state index contributed by atoms with van der Waals surface area (Å²) in [5.41, 5.74) is 6.49. The Kier molecular flexibility index (Phi) is 5.92. The molecule has 100 valence electrons. The zero-order chi connectivity index (χ0) is 12.4.